The molecule has 0 aliphatic rings. The minimum Gasteiger partial charge on any atom is -0.490 e. The van der Waals surface area contributed by atoms with E-state index in [0.29, 0.717) is 11.5 Å². The highest BCUT2D eigenvalue weighted by Crippen LogP contribution is 2.31. The fourth-order valence-corrected chi connectivity index (χ4v) is 6.28. The van der Waals surface area contributed by atoms with Crippen molar-refractivity contribution < 1.29 is 44.1 Å². The average molecular weight is 846 g/mol. The molecule has 14 heteroatoms. The van der Waals surface area contributed by atoms with Gasteiger partial charge in [-0.2, -0.15) is 16.8 Å². The van der Waals surface area contributed by atoms with Crippen molar-refractivity contribution in [3.8, 4) is 11.5 Å². The van der Waals surface area contributed by atoms with E-state index < -0.39 is 20.2 Å². The van der Waals surface area contributed by atoms with Gasteiger partial charge >= 0.3 is 0 Å². The van der Waals surface area contributed by atoms with Gasteiger partial charge in [0.15, 0.2) is 0 Å². The maximum Gasteiger partial charge on any atom is 0.297 e. The summed E-state index contributed by atoms with van der Waals surface area (Å²) in [6.45, 7) is 4.82. The van der Waals surface area contributed by atoms with Crippen molar-refractivity contribution in [3.05, 3.63) is 78.9 Å². The Morgan fingerprint density at radius 3 is 1.21 bits per heavy atom. The quantitative estimate of drug-likeness (QED) is 0.0970. The van der Waals surface area contributed by atoms with Crippen LogP contribution in [0.1, 0.15) is 11.1 Å². The van der Waals surface area contributed by atoms with Crippen LogP contribution < -0.4 is 9.47 Å². The molecular formula is C28H32I2O10S2. The van der Waals surface area contributed by atoms with Crippen LogP contribution in [0.2, 0.25) is 0 Å². The van der Waals surface area contributed by atoms with Gasteiger partial charge in [0.2, 0.25) is 0 Å². The molecule has 0 aromatic heterocycles. The van der Waals surface area contributed by atoms with Crippen molar-refractivity contribution in [2.24, 2.45) is 0 Å². The Labute approximate surface area is 274 Å². The second kappa shape index (κ2) is 17.1. The summed E-state index contributed by atoms with van der Waals surface area (Å²) in [5.41, 5.74) is 1.92. The number of halogens is 2. The van der Waals surface area contributed by atoms with Crippen LogP contribution in [0, 0.1) is 21.0 Å². The zero-order chi connectivity index (χ0) is 30.6. The van der Waals surface area contributed by atoms with Crippen LogP contribution in [-0.2, 0) is 38.1 Å². The van der Waals surface area contributed by atoms with Gasteiger partial charge in [-0.1, -0.05) is 35.4 Å². The van der Waals surface area contributed by atoms with Crippen LogP contribution in [0.4, 0.5) is 0 Å². The van der Waals surface area contributed by atoms with Gasteiger partial charge in [-0.05, 0) is 95.4 Å². The van der Waals surface area contributed by atoms with Crippen LogP contribution in [0.3, 0.4) is 0 Å². The van der Waals surface area contributed by atoms with E-state index in [2.05, 4.69) is 45.2 Å². The largest absolute Gasteiger partial charge is 0.490 e. The Morgan fingerprint density at radius 2 is 0.857 bits per heavy atom. The van der Waals surface area contributed by atoms with E-state index in [4.69, 9.17) is 27.3 Å². The van der Waals surface area contributed by atoms with Crippen LogP contribution >= 0.6 is 45.2 Å². The fourth-order valence-electron chi connectivity index (χ4n) is 3.31. The first-order valence-corrected chi connectivity index (χ1v) is 17.8. The van der Waals surface area contributed by atoms with Gasteiger partial charge in [0.1, 0.15) is 24.7 Å². The second-order valence-corrected chi connectivity index (χ2v) is 14.4. The lowest BCUT2D eigenvalue weighted by molar-refractivity contribution is 0.0766. The molecule has 0 radical (unpaired) electrons. The summed E-state index contributed by atoms with van der Waals surface area (Å²) in [7, 11) is -7.63. The third kappa shape index (κ3) is 11.5. The minimum absolute atomic E-state index is 0.0963. The Morgan fingerprint density at radius 1 is 0.524 bits per heavy atom. The second-order valence-electron chi connectivity index (χ2n) is 8.81. The monoisotopic (exact) mass is 846 g/mol. The minimum atomic E-state index is -3.82. The highest BCUT2D eigenvalue weighted by Gasteiger charge is 2.16. The molecule has 0 atom stereocenters. The normalized spacial score (nSPS) is 11.9. The summed E-state index contributed by atoms with van der Waals surface area (Å²) in [5.74, 6) is 1.33. The number of hydrogen-bond acceptors (Lipinski definition) is 10. The van der Waals surface area contributed by atoms with E-state index in [1.54, 1.807) is 24.3 Å². The maximum atomic E-state index is 12.2. The third-order valence-corrected chi connectivity index (χ3v) is 9.85. The van der Waals surface area contributed by atoms with E-state index in [9.17, 15) is 16.8 Å². The number of aryl methyl sites for hydroxylation is 2. The van der Waals surface area contributed by atoms with E-state index in [1.807, 2.05) is 26.0 Å². The Bertz CT molecular complexity index is 1380. The first kappa shape index (κ1) is 34.9. The maximum absolute atomic E-state index is 12.2. The van der Waals surface area contributed by atoms with Crippen LogP contribution in [0.5, 0.6) is 11.5 Å². The molecule has 3 aromatic carbocycles. The summed E-state index contributed by atoms with van der Waals surface area (Å²) in [4.78, 5) is 0.217. The van der Waals surface area contributed by atoms with Crippen molar-refractivity contribution in [1.29, 1.82) is 0 Å². The molecule has 0 unspecified atom stereocenters. The van der Waals surface area contributed by atoms with Gasteiger partial charge in [-0.3, -0.25) is 8.37 Å². The van der Waals surface area contributed by atoms with E-state index >= 15 is 0 Å². The molecule has 0 spiro atoms. The molecule has 0 fully saturated rings. The molecular weight excluding hydrogens is 814 g/mol. The predicted molar refractivity (Wildman–Crippen MR) is 173 cm³/mol. The average Bonchev–Trinajstić information content (AvgIpc) is 2.94. The third-order valence-electron chi connectivity index (χ3n) is 5.51. The van der Waals surface area contributed by atoms with Gasteiger partial charge in [0.25, 0.3) is 20.2 Å². The molecule has 0 bridgehead atoms. The first-order valence-electron chi connectivity index (χ1n) is 12.8. The van der Waals surface area contributed by atoms with E-state index in [-0.39, 0.29) is 62.6 Å². The Hall–Kier alpha value is -1.54. The lowest BCUT2D eigenvalue weighted by atomic mass is 10.2. The van der Waals surface area contributed by atoms with Crippen molar-refractivity contribution in [1.82, 2.24) is 0 Å². The summed E-state index contributed by atoms with van der Waals surface area (Å²) in [5, 5.41) is 0. The van der Waals surface area contributed by atoms with Crippen molar-refractivity contribution in [2.45, 2.75) is 23.6 Å². The number of hydrogen-bond donors (Lipinski definition) is 0. The van der Waals surface area contributed by atoms with Gasteiger partial charge < -0.3 is 18.9 Å². The van der Waals surface area contributed by atoms with Gasteiger partial charge in [0.05, 0.1) is 56.6 Å². The molecule has 0 saturated carbocycles. The molecule has 0 aliphatic heterocycles. The summed E-state index contributed by atoms with van der Waals surface area (Å²) < 4.78 is 82.9. The van der Waals surface area contributed by atoms with Gasteiger partial charge in [0, 0.05) is 0 Å². The summed E-state index contributed by atoms with van der Waals surface area (Å²) >= 11 is 4.29. The molecule has 0 heterocycles. The van der Waals surface area contributed by atoms with Gasteiger partial charge in [-0.25, -0.2) is 0 Å². The highest BCUT2D eigenvalue weighted by molar-refractivity contribution is 14.1. The van der Waals surface area contributed by atoms with Gasteiger partial charge in [-0.15, -0.1) is 0 Å². The number of benzene rings is 3. The molecule has 0 N–H and O–H groups in total. The molecule has 3 rings (SSSR count). The Balaban J connectivity index is 1.29. The lowest BCUT2D eigenvalue weighted by Gasteiger charge is -2.13. The van der Waals surface area contributed by atoms with E-state index in [1.165, 1.54) is 24.3 Å². The number of ether oxygens (including phenoxy) is 4. The Kier molecular flexibility index (Phi) is 14.2. The predicted octanol–water partition coefficient (Wildman–Crippen LogP) is 5.11. The van der Waals surface area contributed by atoms with E-state index in [0.717, 1.165) is 18.3 Å². The van der Waals surface area contributed by atoms with Crippen molar-refractivity contribution in [3.63, 3.8) is 0 Å². The van der Waals surface area contributed by atoms with Crippen molar-refractivity contribution in [2.75, 3.05) is 52.9 Å². The zero-order valence-corrected chi connectivity index (χ0v) is 29.0. The highest BCUT2D eigenvalue weighted by atomic mass is 127. The molecule has 230 valence electrons. The standard InChI is InChI=1S/C28H32I2O10S2/c1-21-3-7-23(8-4-21)41(31,32)39-17-13-35-11-15-37-27-19-26(30)28(20-25(27)29)38-16-12-36-14-18-40-42(33,34)24-9-5-22(2)6-10-24/h3-10,19-20H,11-18H2,1-2H3. The zero-order valence-electron chi connectivity index (χ0n) is 23.1. The van der Waals surface area contributed by atoms with Crippen LogP contribution in [-0.4, -0.2) is 69.7 Å². The fraction of sp³-hybridized carbons (Fsp3) is 0.357. The molecule has 0 aliphatic carbocycles. The summed E-state index contributed by atoms with van der Waals surface area (Å²) in [6.07, 6.45) is 0. The van der Waals surface area contributed by atoms with Crippen molar-refractivity contribution >= 4 is 65.4 Å². The summed E-state index contributed by atoms with van der Waals surface area (Å²) in [6, 6.07) is 16.6. The number of rotatable bonds is 18. The molecule has 0 amide bonds. The molecule has 42 heavy (non-hydrogen) atoms. The van der Waals surface area contributed by atoms with Crippen LogP contribution in [0.25, 0.3) is 0 Å². The van der Waals surface area contributed by atoms with Crippen LogP contribution in [0.15, 0.2) is 70.5 Å². The molecule has 10 nitrogen and oxygen atoms in total. The smallest absolute Gasteiger partial charge is 0.297 e. The first-order chi connectivity index (χ1) is 20.0. The molecule has 3 aromatic rings. The lowest BCUT2D eigenvalue weighted by Crippen LogP contribution is -2.15. The SMILES string of the molecule is Cc1ccc(S(=O)(=O)OCCOCCOc2cc(I)c(OCCOCCOS(=O)(=O)c3ccc(C)cc3)cc2I)cc1. The molecule has 0 saturated heterocycles. The topological polar surface area (TPSA) is 124 Å².